The predicted octanol–water partition coefficient (Wildman–Crippen LogP) is 6.45. The van der Waals surface area contributed by atoms with Gasteiger partial charge in [0.1, 0.15) is 0 Å². The molecule has 0 aliphatic rings. The molecule has 2 N–H and O–H groups in total. The van der Waals surface area contributed by atoms with Gasteiger partial charge in [0, 0.05) is 28.3 Å². The highest BCUT2D eigenvalue weighted by Gasteiger charge is 2.30. The molecular weight excluding hydrogens is 519 g/mol. The Bertz CT molecular complexity index is 1460. The van der Waals surface area contributed by atoms with Gasteiger partial charge in [-0.05, 0) is 66.6 Å². The quantitative estimate of drug-likeness (QED) is 0.268. The molecule has 10 heteroatoms. The minimum atomic E-state index is -4.48. The number of aromatic nitrogens is 2. The normalized spacial score (nSPS) is 11.4. The molecule has 0 bridgehead atoms. The second kappa shape index (κ2) is 11.1. The van der Waals surface area contributed by atoms with Gasteiger partial charge in [0.05, 0.1) is 29.9 Å². The summed E-state index contributed by atoms with van der Waals surface area (Å²) in [5, 5.41) is 16.4. The second-order valence-corrected chi connectivity index (χ2v) is 9.20. The van der Waals surface area contributed by atoms with Crippen molar-refractivity contribution in [2.45, 2.75) is 26.1 Å². The number of amides is 1. The Morgan fingerprint density at radius 2 is 1.74 bits per heavy atom. The van der Waals surface area contributed by atoms with Crippen LogP contribution in [-0.2, 0) is 17.5 Å². The fourth-order valence-electron chi connectivity index (χ4n) is 3.97. The summed E-state index contributed by atoms with van der Waals surface area (Å²) in [5.41, 5.74) is 3.44. The zero-order valence-corrected chi connectivity index (χ0v) is 21.0. The topological polar surface area (TPSA) is 84.2 Å². The van der Waals surface area contributed by atoms with Crippen LogP contribution >= 0.6 is 11.6 Å². The molecule has 38 heavy (non-hydrogen) atoms. The van der Waals surface area contributed by atoms with E-state index in [1.54, 1.807) is 53.2 Å². The van der Waals surface area contributed by atoms with Crippen LogP contribution < -0.4 is 5.32 Å². The minimum absolute atomic E-state index is 0.0178. The van der Waals surface area contributed by atoms with Crippen molar-refractivity contribution < 1.29 is 27.9 Å². The van der Waals surface area contributed by atoms with E-state index in [2.05, 4.69) is 10.4 Å². The van der Waals surface area contributed by atoms with Crippen molar-refractivity contribution in [1.29, 1.82) is 0 Å². The van der Waals surface area contributed by atoms with Crippen LogP contribution in [0.4, 0.5) is 13.2 Å². The Kier molecular flexibility index (Phi) is 7.87. The first-order valence-corrected chi connectivity index (χ1v) is 12.0. The van der Waals surface area contributed by atoms with Crippen molar-refractivity contribution in [2.75, 3.05) is 6.54 Å². The number of benzene rings is 3. The molecule has 0 radical (unpaired) electrons. The predicted molar refractivity (Wildman–Crippen MR) is 138 cm³/mol. The molecule has 196 valence electrons. The number of aryl methyl sites for hydroxylation is 1. The van der Waals surface area contributed by atoms with Crippen LogP contribution in [0.15, 0.2) is 72.8 Å². The number of nitrogens with one attached hydrogen (secondary N) is 1. The van der Waals surface area contributed by atoms with Gasteiger partial charge in [-0.2, -0.15) is 18.3 Å². The van der Waals surface area contributed by atoms with Crippen molar-refractivity contribution in [1.82, 2.24) is 15.1 Å². The lowest BCUT2D eigenvalue weighted by Crippen LogP contribution is -2.25. The van der Waals surface area contributed by atoms with Gasteiger partial charge in [0.2, 0.25) is 0 Å². The van der Waals surface area contributed by atoms with Gasteiger partial charge < -0.3 is 10.4 Å². The molecule has 4 aromatic rings. The minimum Gasteiger partial charge on any atom is -0.481 e. The van der Waals surface area contributed by atoms with Crippen LogP contribution in [0.3, 0.4) is 0 Å². The number of hydrogen-bond acceptors (Lipinski definition) is 3. The Hall–Kier alpha value is -4.11. The molecule has 0 saturated carbocycles. The number of carbonyl (C=O) groups is 2. The molecule has 0 spiro atoms. The number of carbonyl (C=O) groups excluding carboxylic acids is 1. The maximum atomic E-state index is 13.3. The Balaban J connectivity index is 1.66. The van der Waals surface area contributed by atoms with Gasteiger partial charge >= 0.3 is 12.1 Å². The van der Waals surface area contributed by atoms with Gasteiger partial charge in [0.15, 0.2) is 0 Å². The third-order valence-electron chi connectivity index (χ3n) is 5.78. The molecule has 0 atom stereocenters. The van der Waals surface area contributed by atoms with Crippen molar-refractivity contribution in [3.05, 3.63) is 100 Å². The van der Waals surface area contributed by atoms with Crippen molar-refractivity contribution in [3.8, 4) is 22.5 Å². The van der Waals surface area contributed by atoms with E-state index in [4.69, 9.17) is 16.7 Å². The van der Waals surface area contributed by atoms with E-state index >= 15 is 0 Å². The summed E-state index contributed by atoms with van der Waals surface area (Å²) in [4.78, 5) is 22.9. The number of aliphatic carboxylic acids is 1. The first-order chi connectivity index (χ1) is 18.0. The molecule has 1 amide bonds. The standard InChI is InChI=1S/C28H23ClF3N3O3/c1-17-11-21(14-23(29)12-17)25-15-24(20-3-2-4-22(13-20)28(30,31)32)34-35(25)16-18-5-7-19(8-6-18)27(38)33-10-9-26(36)37/h2-8,11-15H,9-10,16H2,1H3,(H,33,38)(H,36,37). The summed E-state index contributed by atoms with van der Waals surface area (Å²) in [6.45, 7) is 2.19. The summed E-state index contributed by atoms with van der Waals surface area (Å²) in [6, 6.07) is 18.9. The number of nitrogens with zero attached hydrogens (tertiary/aromatic N) is 2. The monoisotopic (exact) mass is 541 g/mol. The lowest BCUT2D eigenvalue weighted by atomic mass is 10.0. The third-order valence-corrected chi connectivity index (χ3v) is 5.99. The molecular formula is C28H23ClF3N3O3. The average Bonchev–Trinajstić information content (AvgIpc) is 3.27. The Morgan fingerprint density at radius 1 is 1.00 bits per heavy atom. The van der Waals surface area contributed by atoms with Crippen LogP contribution in [0, 0.1) is 6.92 Å². The molecule has 1 aromatic heterocycles. The first kappa shape index (κ1) is 26.9. The Labute approximate surface area is 221 Å². The molecule has 1 heterocycles. The summed E-state index contributed by atoms with van der Waals surface area (Å²) in [5.74, 6) is -1.39. The van der Waals surface area contributed by atoms with Crippen molar-refractivity contribution in [2.24, 2.45) is 0 Å². The average molecular weight is 542 g/mol. The molecule has 3 aromatic carbocycles. The fourth-order valence-corrected chi connectivity index (χ4v) is 4.26. The number of carboxylic acid groups (broad SMARTS) is 1. The van der Waals surface area contributed by atoms with Gasteiger partial charge in [-0.3, -0.25) is 14.3 Å². The van der Waals surface area contributed by atoms with Gasteiger partial charge in [-0.1, -0.05) is 35.9 Å². The molecule has 6 nitrogen and oxygen atoms in total. The number of carboxylic acids is 1. The molecule has 0 saturated heterocycles. The maximum Gasteiger partial charge on any atom is 0.416 e. The third kappa shape index (κ3) is 6.60. The van der Waals surface area contributed by atoms with E-state index in [0.717, 1.165) is 28.8 Å². The number of hydrogen-bond donors (Lipinski definition) is 2. The van der Waals surface area contributed by atoms with Crippen molar-refractivity contribution >= 4 is 23.5 Å². The van der Waals surface area contributed by atoms with Gasteiger partial charge in [0.25, 0.3) is 5.91 Å². The highest BCUT2D eigenvalue weighted by Crippen LogP contribution is 2.34. The first-order valence-electron chi connectivity index (χ1n) is 11.6. The summed E-state index contributed by atoms with van der Waals surface area (Å²) in [6.07, 6.45) is -4.66. The Morgan fingerprint density at radius 3 is 2.39 bits per heavy atom. The number of halogens is 4. The van der Waals surface area contributed by atoms with E-state index in [-0.39, 0.29) is 25.4 Å². The number of alkyl halides is 3. The van der Waals surface area contributed by atoms with E-state index in [0.29, 0.717) is 27.5 Å². The second-order valence-electron chi connectivity index (χ2n) is 8.76. The highest BCUT2D eigenvalue weighted by atomic mass is 35.5. The van der Waals surface area contributed by atoms with Crippen molar-refractivity contribution in [3.63, 3.8) is 0 Å². The lowest BCUT2D eigenvalue weighted by molar-refractivity contribution is -0.138. The lowest BCUT2D eigenvalue weighted by Gasteiger charge is -2.10. The zero-order valence-electron chi connectivity index (χ0n) is 20.2. The fraction of sp³-hybridized carbons (Fsp3) is 0.179. The van der Waals surface area contributed by atoms with Crippen LogP contribution in [0.1, 0.15) is 33.5 Å². The van der Waals surface area contributed by atoms with E-state index in [1.807, 2.05) is 13.0 Å². The largest absolute Gasteiger partial charge is 0.481 e. The summed E-state index contributed by atoms with van der Waals surface area (Å²) < 4.78 is 41.6. The molecule has 0 fully saturated rings. The van der Waals surface area contributed by atoms with E-state index < -0.39 is 17.7 Å². The van der Waals surface area contributed by atoms with Gasteiger partial charge in [-0.25, -0.2) is 0 Å². The van der Waals surface area contributed by atoms with Crippen LogP contribution in [0.5, 0.6) is 0 Å². The van der Waals surface area contributed by atoms with E-state index in [9.17, 15) is 22.8 Å². The van der Waals surface area contributed by atoms with Gasteiger partial charge in [-0.15, -0.1) is 0 Å². The molecule has 0 aliphatic heterocycles. The smallest absolute Gasteiger partial charge is 0.416 e. The van der Waals surface area contributed by atoms with Crippen LogP contribution in [0.25, 0.3) is 22.5 Å². The number of rotatable bonds is 8. The SMILES string of the molecule is Cc1cc(Cl)cc(-c2cc(-c3cccc(C(F)(F)F)c3)nn2Cc2ccc(C(=O)NCCC(=O)O)cc2)c1. The van der Waals surface area contributed by atoms with Crippen LogP contribution in [-0.4, -0.2) is 33.3 Å². The molecule has 0 unspecified atom stereocenters. The highest BCUT2D eigenvalue weighted by molar-refractivity contribution is 6.31. The summed E-state index contributed by atoms with van der Waals surface area (Å²) in [7, 11) is 0. The maximum absolute atomic E-state index is 13.3. The van der Waals surface area contributed by atoms with Crippen LogP contribution in [0.2, 0.25) is 5.02 Å². The summed E-state index contributed by atoms with van der Waals surface area (Å²) >= 11 is 6.28. The molecule has 0 aliphatic carbocycles. The van der Waals surface area contributed by atoms with E-state index in [1.165, 1.54) is 6.07 Å². The molecule has 4 rings (SSSR count). The zero-order chi connectivity index (χ0) is 27.4.